The third-order valence-electron chi connectivity index (χ3n) is 3.41. The van der Waals surface area contributed by atoms with E-state index in [0.717, 1.165) is 6.92 Å². The van der Waals surface area contributed by atoms with Gasteiger partial charge < -0.3 is 15.2 Å². The largest absolute Gasteiger partial charge is 0.458 e. The van der Waals surface area contributed by atoms with Crippen molar-refractivity contribution in [2.75, 3.05) is 6.54 Å². The first-order chi connectivity index (χ1) is 9.69. The van der Waals surface area contributed by atoms with E-state index in [2.05, 4.69) is 10.1 Å². The lowest BCUT2D eigenvalue weighted by molar-refractivity contribution is -0.391. The highest BCUT2D eigenvalue weighted by molar-refractivity contribution is 14.1. The van der Waals surface area contributed by atoms with Crippen molar-refractivity contribution in [3.63, 3.8) is 0 Å². The van der Waals surface area contributed by atoms with Gasteiger partial charge in [-0.2, -0.15) is 26.3 Å². The highest BCUT2D eigenvalue weighted by Crippen LogP contribution is 2.47. The molecule has 22 heavy (non-hydrogen) atoms. The molecule has 0 radical (unpaired) electrons. The van der Waals surface area contributed by atoms with Crippen molar-refractivity contribution >= 4 is 28.6 Å². The molecule has 3 unspecified atom stereocenters. The first-order valence-electron chi connectivity index (χ1n) is 6.18. The van der Waals surface area contributed by atoms with E-state index in [1.54, 1.807) is 22.6 Å². The molecule has 3 atom stereocenters. The minimum atomic E-state index is -6.04. The average molecular weight is 449 g/mol. The van der Waals surface area contributed by atoms with E-state index in [-0.39, 0.29) is 0 Å². The second-order valence-corrected chi connectivity index (χ2v) is 7.34. The van der Waals surface area contributed by atoms with Gasteiger partial charge in [0.05, 0.1) is 0 Å². The number of nitrogens with one attached hydrogen (secondary N) is 1. The minimum Gasteiger partial charge on any atom is -0.458 e. The van der Waals surface area contributed by atoms with Crippen molar-refractivity contribution in [3.8, 4) is 0 Å². The van der Waals surface area contributed by atoms with Crippen molar-refractivity contribution in [3.05, 3.63) is 0 Å². The molecule has 0 saturated carbocycles. The molecule has 1 heterocycles. The summed E-state index contributed by atoms with van der Waals surface area (Å²) in [6, 6.07) is -0.400. The molecular formula is C11H14F6INO3. The number of hydrogen-bond donors (Lipinski definition) is 2. The highest BCUT2D eigenvalue weighted by atomic mass is 127. The number of carbonyl (C=O) groups is 1. The van der Waals surface area contributed by atoms with Gasteiger partial charge in [0.1, 0.15) is 9.53 Å². The van der Waals surface area contributed by atoms with Gasteiger partial charge in [-0.15, -0.1) is 0 Å². The topological polar surface area (TPSA) is 68.5 Å². The summed E-state index contributed by atoms with van der Waals surface area (Å²) < 4.78 is 79.8. The van der Waals surface area contributed by atoms with Gasteiger partial charge in [-0.1, -0.05) is 29.5 Å². The summed E-state index contributed by atoms with van der Waals surface area (Å²) in [4.78, 5) is 11.9. The van der Waals surface area contributed by atoms with Crippen LogP contribution >= 0.6 is 22.6 Å². The Morgan fingerprint density at radius 3 is 2.00 bits per heavy atom. The minimum absolute atomic E-state index is 0.397. The Hall–Kier alpha value is -0.300. The Balaban J connectivity index is 3.09. The molecule has 0 aromatic heterocycles. The summed E-state index contributed by atoms with van der Waals surface area (Å²) in [5.41, 5.74) is -5.12. The molecule has 0 amide bonds. The Morgan fingerprint density at radius 2 is 1.73 bits per heavy atom. The van der Waals surface area contributed by atoms with Crippen LogP contribution in [0.3, 0.4) is 0 Å². The van der Waals surface area contributed by atoms with Crippen molar-refractivity contribution in [2.45, 2.75) is 53.8 Å². The van der Waals surface area contributed by atoms with Crippen molar-refractivity contribution in [1.82, 2.24) is 5.32 Å². The lowest BCUT2D eigenvalue weighted by Crippen LogP contribution is -2.65. The van der Waals surface area contributed by atoms with Crippen LogP contribution in [0.5, 0.6) is 0 Å². The lowest BCUT2D eigenvalue weighted by atomic mass is 9.92. The second kappa shape index (κ2) is 5.96. The number of esters is 1. The van der Waals surface area contributed by atoms with E-state index < -0.39 is 45.9 Å². The number of carbonyl (C=O) groups excluding carboxylic acids is 1. The molecule has 4 nitrogen and oxygen atoms in total. The Kier molecular flexibility index (Phi) is 5.35. The molecule has 11 heteroatoms. The van der Waals surface area contributed by atoms with Gasteiger partial charge in [-0.3, -0.25) is 4.79 Å². The van der Waals surface area contributed by atoms with Gasteiger partial charge in [-0.05, 0) is 13.3 Å². The average Bonchev–Trinajstić information content (AvgIpc) is 3.15. The number of alkyl halides is 7. The van der Waals surface area contributed by atoms with Gasteiger partial charge in [-0.25, -0.2) is 0 Å². The van der Waals surface area contributed by atoms with Crippen molar-refractivity contribution < 1.29 is 41.0 Å². The molecule has 1 fully saturated rings. The highest BCUT2D eigenvalue weighted by Gasteiger charge is 2.75. The van der Waals surface area contributed by atoms with E-state index in [4.69, 9.17) is 0 Å². The number of hydrogen-bond acceptors (Lipinski definition) is 4. The fraction of sp³-hybridized carbons (Fsp3) is 0.909. The Labute approximate surface area is 135 Å². The Bertz CT molecular complexity index is 419. The predicted octanol–water partition coefficient (Wildman–Crippen LogP) is 2.33. The van der Waals surface area contributed by atoms with E-state index in [0.29, 0.717) is 6.54 Å². The number of ether oxygens (including phenoxy) is 1. The summed E-state index contributed by atoms with van der Waals surface area (Å²) in [6.45, 7) is 2.68. The number of aliphatic hydroxyl groups is 1. The van der Waals surface area contributed by atoms with Gasteiger partial charge in [0.25, 0.3) is 5.60 Å². The molecule has 1 saturated heterocycles. The van der Waals surface area contributed by atoms with E-state index >= 15 is 0 Å². The van der Waals surface area contributed by atoms with E-state index in [9.17, 15) is 36.2 Å². The van der Waals surface area contributed by atoms with Crippen LogP contribution in [0.25, 0.3) is 0 Å². The van der Waals surface area contributed by atoms with Crippen LogP contribution in [0, 0.1) is 0 Å². The van der Waals surface area contributed by atoms with Crippen LogP contribution in [-0.2, 0) is 9.53 Å². The van der Waals surface area contributed by atoms with Gasteiger partial charge >= 0.3 is 18.3 Å². The lowest BCUT2D eigenvalue weighted by Gasteiger charge is -2.38. The first-order valence-corrected chi connectivity index (χ1v) is 7.26. The molecule has 0 bridgehead atoms. The van der Waals surface area contributed by atoms with Crippen LogP contribution in [0.2, 0.25) is 0 Å². The van der Waals surface area contributed by atoms with Crippen LogP contribution < -0.4 is 5.32 Å². The van der Waals surface area contributed by atoms with Crippen molar-refractivity contribution in [2.24, 2.45) is 0 Å². The molecule has 0 aromatic carbocycles. The molecule has 2 N–H and O–H groups in total. The van der Waals surface area contributed by atoms with Crippen molar-refractivity contribution in [1.29, 1.82) is 0 Å². The van der Waals surface area contributed by atoms with E-state index in [1.165, 1.54) is 6.92 Å². The van der Waals surface area contributed by atoms with Gasteiger partial charge in [0.2, 0.25) is 0 Å². The molecule has 1 aliphatic heterocycles. The summed E-state index contributed by atoms with van der Waals surface area (Å²) in [6.07, 6.45) is -15.7. The molecule has 130 valence electrons. The number of rotatable bonds is 5. The monoisotopic (exact) mass is 449 g/mol. The quantitative estimate of drug-likeness (QED) is 0.223. The zero-order chi connectivity index (χ0) is 17.6. The molecular weight excluding hydrogens is 435 g/mol. The smallest absolute Gasteiger partial charge is 0.430 e. The summed E-state index contributed by atoms with van der Waals surface area (Å²) in [7, 11) is 0. The summed E-state index contributed by atoms with van der Waals surface area (Å²) in [5.74, 6) is -1.25. The van der Waals surface area contributed by atoms with E-state index in [1.807, 2.05) is 0 Å². The SMILES string of the molecule is CCC(OC(=O)C(C)(I)C1CN1)C(O)(C(F)(F)F)C(F)(F)F. The maximum atomic E-state index is 12.8. The zero-order valence-electron chi connectivity index (χ0n) is 11.5. The Morgan fingerprint density at radius 1 is 1.32 bits per heavy atom. The summed E-state index contributed by atoms with van der Waals surface area (Å²) >= 11 is 1.59. The molecule has 0 aromatic rings. The first kappa shape index (κ1) is 19.7. The van der Waals surface area contributed by atoms with Crippen LogP contribution in [0.15, 0.2) is 0 Å². The van der Waals surface area contributed by atoms with Gasteiger partial charge in [0.15, 0.2) is 0 Å². The van der Waals surface area contributed by atoms with Crippen LogP contribution in [-0.4, -0.2) is 51.1 Å². The van der Waals surface area contributed by atoms with Crippen LogP contribution in [0.1, 0.15) is 20.3 Å². The predicted molar refractivity (Wildman–Crippen MR) is 71.4 cm³/mol. The molecule has 1 rings (SSSR count). The fourth-order valence-electron chi connectivity index (χ4n) is 1.82. The maximum Gasteiger partial charge on any atom is 0.430 e. The molecule has 1 aliphatic rings. The third-order valence-corrected chi connectivity index (χ3v) is 4.60. The van der Waals surface area contributed by atoms with Gasteiger partial charge in [0, 0.05) is 12.6 Å². The molecule has 0 aliphatic carbocycles. The second-order valence-electron chi connectivity index (χ2n) is 5.10. The normalized spacial score (nSPS) is 23.6. The van der Waals surface area contributed by atoms with Crippen LogP contribution in [0.4, 0.5) is 26.3 Å². The number of halogens is 7. The maximum absolute atomic E-state index is 12.8. The zero-order valence-corrected chi connectivity index (χ0v) is 13.6. The third kappa shape index (κ3) is 3.45. The standard InChI is InChI=1S/C11H14F6INO3/c1-3-6(9(21,10(12,13)14)11(15,16)17)22-7(20)8(2,18)5-4-19-5/h5-6,19,21H,3-4H2,1-2H3. The summed E-state index contributed by atoms with van der Waals surface area (Å²) in [5, 5.41) is 12.0. The fourth-order valence-corrected chi connectivity index (χ4v) is 2.39. The molecule has 0 spiro atoms.